The smallest absolute Gasteiger partial charge is 0.251 e. The third-order valence-corrected chi connectivity index (χ3v) is 3.62. The average Bonchev–Trinajstić information content (AvgIpc) is 2.37. The number of benzene rings is 1. The third-order valence-electron chi connectivity index (χ3n) is 2.70. The number of anilines is 1. The van der Waals surface area contributed by atoms with Crippen molar-refractivity contribution >= 4 is 17.4 Å². The van der Waals surface area contributed by atoms with Crippen molar-refractivity contribution in [3.05, 3.63) is 51.9 Å². The minimum absolute atomic E-state index is 0.0954. The lowest BCUT2D eigenvalue weighted by Crippen LogP contribution is -2.10. The molecule has 4 nitrogen and oxygen atoms in total. The molecule has 0 bridgehead atoms. The van der Waals surface area contributed by atoms with E-state index in [0.717, 1.165) is 29.8 Å². The zero-order valence-corrected chi connectivity index (χ0v) is 11.7. The van der Waals surface area contributed by atoms with Crippen molar-refractivity contribution < 1.29 is 0 Å². The molecule has 1 aromatic carbocycles. The molecule has 2 aromatic rings. The first-order valence-electron chi connectivity index (χ1n) is 6.25. The molecule has 0 unspecified atom stereocenters. The van der Waals surface area contributed by atoms with E-state index < -0.39 is 0 Å². The van der Waals surface area contributed by atoms with Gasteiger partial charge in [0.15, 0.2) is 5.16 Å². The predicted octanol–water partition coefficient (Wildman–Crippen LogP) is 2.60. The van der Waals surface area contributed by atoms with Gasteiger partial charge in [0.05, 0.1) is 0 Å². The van der Waals surface area contributed by atoms with Crippen LogP contribution in [0, 0.1) is 0 Å². The fourth-order valence-electron chi connectivity index (χ4n) is 1.75. The van der Waals surface area contributed by atoms with Crippen molar-refractivity contribution in [1.29, 1.82) is 0 Å². The number of para-hydroxylation sites is 1. The number of nitrogen functional groups attached to an aromatic ring is 1. The predicted molar refractivity (Wildman–Crippen MR) is 79.3 cm³/mol. The number of hydrogen-bond acceptors (Lipinski definition) is 4. The van der Waals surface area contributed by atoms with E-state index in [1.165, 1.54) is 11.8 Å². The summed E-state index contributed by atoms with van der Waals surface area (Å²) in [4.78, 5) is 18.7. The Bertz CT molecular complexity index is 610. The summed E-state index contributed by atoms with van der Waals surface area (Å²) in [6.07, 6.45) is 1.80. The molecule has 0 aliphatic rings. The molecule has 0 saturated heterocycles. The van der Waals surface area contributed by atoms with Crippen molar-refractivity contribution in [2.24, 2.45) is 0 Å². The van der Waals surface area contributed by atoms with Crippen molar-refractivity contribution in [3.63, 3.8) is 0 Å². The van der Waals surface area contributed by atoms with Gasteiger partial charge in [0.2, 0.25) is 0 Å². The zero-order chi connectivity index (χ0) is 13.7. The van der Waals surface area contributed by atoms with Crippen molar-refractivity contribution in [3.8, 4) is 0 Å². The minimum Gasteiger partial charge on any atom is -0.398 e. The Morgan fingerprint density at radius 1 is 1.37 bits per heavy atom. The van der Waals surface area contributed by atoms with Crippen molar-refractivity contribution in [1.82, 2.24) is 9.97 Å². The monoisotopic (exact) mass is 275 g/mol. The van der Waals surface area contributed by atoms with Crippen LogP contribution >= 0.6 is 11.8 Å². The van der Waals surface area contributed by atoms with E-state index in [4.69, 9.17) is 5.73 Å². The highest BCUT2D eigenvalue weighted by molar-refractivity contribution is 7.98. The van der Waals surface area contributed by atoms with Crippen LogP contribution in [0.15, 0.2) is 40.3 Å². The molecule has 0 aliphatic carbocycles. The van der Waals surface area contributed by atoms with Crippen LogP contribution in [0.25, 0.3) is 0 Å². The molecule has 1 aromatic heterocycles. The van der Waals surface area contributed by atoms with Gasteiger partial charge in [0.25, 0.3) is 5.56 Å². The summed E-state index contributed by atoms with van der Waals surface area (Å²) in [6, 6.07) is 9.28. The maximum absolute atomic E-state index is 11.5. The van der Waals surface area contributed by atoms with Crippen molar-refractivity contribution in [2.75, 3.05) is 5.73 Å². The normalized spacial score (nSPS) is 10.6. The summed E-state index contributed by atoms with van der Waals surface area (Å²) in [5.74, 6) is 0.700. The SMILES string of the molecule is CCCc1cc(=O)[nH]c(SCc2ccccc2N)n1. The lowest BCUT2D eigenvalue weighted by atomic mass is 10.2. The van der Waals surface area contributed by atoms with Crippen LogP contribution in [0.3, 0.4) is 0 Å². The largest absolute Gasteiger partial charge is 0.398 e. The lowest BCUT2D eigenvalue weighted by molar-refractivity contribution is 0.816. The van der Waals surface area contributed by atoms with Gasteiger partial charge >= 0.3 is 0 Å². The van der Waals surface area contributed by atoms with E-state index in [0.29, 0.717) is 10.9 Å². The second-order valence-corrected chi connectivity index (χ2v) is 5.24. The van der Waals surface area contributed by atoms with Crippen LogP contribution in [0.5, 0.6) is 0 Å². The van der Waals surface area contributed by atoms with Gasteiger partial charge in [-0.1, -0.05) is 43.3 Å². The van der Waals surface area contributed by atoms with Crippen LogP contribution in [0.2, 0.25) is 0 Å². The highest BCUT2D eigenvalue weighted by atomic mass is 32.2. The fraction of sp³-hybridized carbons (Fsp3) is 0.286. The van der Waals surface area contributed by atoms with E-state index in [9.17, 15) is 4.79 Å². The van der Waals surface area contributed by atoms with E-state index in [1.54, 1.807) is 6.07 Å². The molecule has 5 heteroatoms. The molecule has 0 spiro atoms. The lowest BCUT2D eigenvalue weighted by Gasteiger charge is -2.05. The maximum atomic E-state index is 11.5. The number of rotatable bonds is 5. The van der Waals surface area contributed by atoms with Gasteiger partial charge in [-0.15, -0.1) is 0 Å². The number of aromatic nitrogens is 2. The third kappa shape index (κ3) is 3.86. The quantitative estimate of drug-likeness (QED) is 0.500. The summed E-state index contributed by atoms with van der Waals surface area (Å²) >= 11 is 1.50. The number of nitrogens with one attached hydrogen (secondary N) is 1. The molecule has 0 fully saturated rings. The zero-order valence-electron chi connectivity index (χ0n) is 10.8. The Morgan fingerprint density at radius 2 is 2.16 bits per heavy atom. The van der Waals surface area contributed by atoms with Gasteiger partial charge < -0.3 is 10.7 Å². The Hall–Kier alpha value is -1.75. The molecular formula is C14H17N3OS. The summed E-state index contributed by atoms with van der Waals surface area (Å²) in [6.45, 7) is 2.07. The second-order valence-electron chi connectivity index (χ2n) is 4.28. The Balaban J connectivity index is 2.11. The first-order chi connectivity index (χ1) is 9.19. The van der Waals surface area contributed by atoms with E-state index in [1.807, 2.05) is 24.3 Å². The number of hydrogen-bond donors (Lipinski definition) is 2. The molecule has 0 aliphatic heterocycles. The number of thioether (sulfide) groups is 1. The molecule has 1 heterocycles. The van der Waals surface area contributed by atoms with Gasteiger partial charge in [-0.25, -0.2) is 4.98 Å². The van der Waals surface area contributed by atoms with Gasteiger partial charge in [-0.2, -0.15) is 0 Å². The fourth-order valence-corrected chi connectivity index (χ4v) is 2.66. The maximum Gasteiger partial charge on any atom is 0.251 e. The molecule has 3 N–H and O–H groups in total. The Kier molecular flexibility index (Phi) is 4.63. The molecule has 0 amide bonds. The van der Waals surface area contributed by atoms with E-state index >= 15 is 0 Å². The summed E-state index contributed by atoms with van der Waals surface area (Å²) in [5, 5.41) is 0.652. The number of aromatic amines is 1. The summed E-state index contributed by atoms with van der Waals surface area (Å²) < 4.78 is 0. The van der Waals surface area contributed by atoms with Crippen LogP contribution in [0.1, 0.15) is 24.6 Å². The topological polar surface area (TPSA) is 71.8 Å². The Morgan fingerprint density at radius 3 is 2.89 bits per heavy atom. The van der Waals surface area contributed by atoms with Gasteiger partial charge in [0, 0.05) is 23.2 Å². The molecule has 100 valence electrons. The number of aryl methyl sites for hydroxylation is 1. The number of H-pyrrole nitrogens is 1. The number of nitrogens with zero attached hydrogens (tertiary/aromatic N) is 1. The summed E-state index contributed by atoms with van der Waals surface area (Å²) in [7, 11) is 0. The van der Waals surface area contributed by atoms with Crippen LogP contribution < -0.4 is 11.3 Å². The molecule has 19 heavy (non-hydrogen) atoms. The highest BCUT2D eigenvalue weighted by Gasteiger charge is 2.04. The average molecular weight is 275 g/mol. The van der Waals surface area contributed by atoms with Crippen LogP contribution in [-0.4, -0.2) is 9.97 Å². The minimum atomic E-state index is -0.0954. The first kappa shape index (κ1) is 13.7. The first-order valence-corrected chi connectivity index (χ1v) is 7.24. The highest BCUT2D eigenvalue weighted by Crippen LogP contribution is 2.22. The molecular weight excluding hydrogens is 258 g/mol. The van der Waals surface area contributed by atoms with Gasteiger partial charge in [-0.3, -0.25) is 4.79 Å². The summed E-state index contributed by atoms with van der Waals surface area (Å²) in [5.41, 5.74) is 8.45. The van der Waals surface area contributed by atoms with Crippen LogP contribution in [-0.2, 0) is 12.2 Å². The standard InChI is InChI=1S/C14H17N3OS/c1-2-5-11-8-13(18)17-14(16-11)19-9-10-6-3-4-7-12(10)15/h3-4,6-8H,2,5,9,15H2,1H3,(H,16,17,18). The molecule has 2 rings (SSSR count). The van der Waals surface area contributed by atoms with Gasteiger partial charge in [-0.05, 0) is 18.1 Å². The molecule has 0 atom stereocenters. The second kappa shape index (κ2) is 6.43. The van der Waals surface area contributed by atoms with Crippen molar-refractivity contribution in [2.45, 2.75) is 30.7 Å². The van der Waals surface area contributed by atoms with Gasteiger partial charge in [0.1, 0.15) is 0 Å². The number of nitrogens with two attached hydrogens (primary N) is 1. The molecule has 0 saturated carbocycles. The van der Waals surface area contributed by atoms with E-state index in [-0.39, 0.29) is 5.56 Å². The van der Waals surface area contributed by atoms with Crippen LogP contribution in [0.4, 0.5) is 5.69 Å². The van der Waals surface area contributed by atoms with E-state index in [2.05, 4.69) is 16.9 Å². The molecule has 0 radical (unpaired) electrons. The Labute approximate surface area is 116 Å².